The van der Waals surface area contributed by atoms with E-state index < -0.39 is 0 Å². The Labute approximate surface area is 176 Å². The van der Waals surface area contributed by atoms with Crippen LogP contribution in [-0.2, 0) is 0 Å². The lowest BCUT2D eigenvalue weighted by Crippen LogP contribution is -2.02. The molecule has 0 aliphatic carbocycles. The molecular formula is C25H25N5. The zero-order chi connectivity index (χ0) is 21.1. The van der Waals surface area contributed by atoms with Crippen LogP contribution >= 0.6 is 0 Å². The second-order valence-corrected chi connectivity index (χ2v) is 7.14. The van der Waals surface area contributed by atoms with Gasteiger partial charge in [0, 0.05) is 11.9 Å². The Morgan fingerprint density at radius 1 is 1.07 bits per heavy atom. The van der Waals surface area contributed by atoms with E-state index in [0.29, 0.717) is 5.82 Å². The minimum Gasteiger partial charge on any atom is -0.383 e. The summed E-state index contributed by atoms with van der Waals surface area (Å²) in [6.07, 6.45) is 8.99. The number of pyridine rings is 2. The molecule has 4 rings (SSSR count). The molecule has 0 unspecified atom stereocenters. The average molecular weight is 396 g/mol. The van der Waals surface area contributed by atoms with E-state index in [-0.39, 0.29) is 0 Å². The Bertz CT molecular complexity index is 1250. The van der Waals surface area contributed by atoms with Crippen molar-refractivity contribution in [2.45, 2.75) is 27.2 Å². The fourth-order valence-electron chi connectivity index (χ4n) is 3.42. The van der Waals surface area contributed by atoms with Crippen molar-refractivity contribution in [1.29, 1.82) is 0 Å². The Morgan fingerprint density at radius 3 is 2.57 bits per heavy atom. The van der Waals surface area contributed by atoms with E-state index in [2.05, 4.69) is 65.9 Å². The van der Waals surface area contributed by atoms with Crippen molar-refractivity contribution in [3.05, 3.63) is 84.2 Å². The van der Waals surface area contributed by atoms with Gasteiger partial charge >= 0.3 is 0 Å². The number of hydrogen-bond acceptors (Lipinski definition) is 4. The number of aromatic nitrogens is 4. The van der Waals surface area contributed by atoms with Crippen molar-refractivity contribution in [2.24, 2.45) is 0 Å². The van der Waals surface area contributed by atoms with Crippen molar-refractivity contribution in [2.75, 3.05) is 5.73 Å². The van der Waals surface area contributed by atoms with Gasteiger partial charge in [0.25, 0.3) is 0 Å². The first-order chi connectivity index (χ1) is 14.6. The Balaban J connectivity index is 2.00. The molecule has 5 nitrogen and oxygen atoms in total. The summed E-state index contributed by atoms with van der Waals surface area (Å²) in [4.78, 5) is 14.1. The van der Waals surface area contributed by atoms with Crippen LogP contribution < -0.4 is 5.73 Å². The van der Waals surface area contributed by atoms with Crippen LogP contribution in [0.2, 0.25) is 0 Å². The number of rotatable bonds is 5. The van der Waals surface area contributed by atoms with Gasteiger partial charge < -0.3 is 5.73 Å². The minimum atomic E-state index is 0.446. The number of nitrogens with zero attached hydrogens (tertiary/aromatic N) is 4. The van der Waals surface area contributed by atoms with Gasteiger partial charge in [-0.1, -0.05) is 42.8 Å². The number of anilines is 1. The maximum absolute atomic E-state index is 6.20. The van der Waals surface area contributed by atoms with Gasteiger partial charge in [0.05, 0.1) is 11.3 Å². The monoisotopic (exact) mass is 395 g/mol. The van der Waals surface area contributed by atoms with E-state index in [1.54, 1.807) is 6.20 Å². The highest BCUT2D eigenvalue weighted by Gasteiger charge is 2.18. The van der Waals surface area contributed by atoms with Crippen molar-refractivity contribution in [3.63, 3.8) is 0 Å². The molecular weight excluding hydrogens is 370 g/mol. The molecule has 0 saturated carbocycles. The number of imidazole rings is 1. The number of aryl methyl sites for hydroxylation is 1. The first-order valence-corrected chi connectivity index (χ1v) is 10.1. The lowest BCUT2D eigenvalue weighted by molar-refractivity contribution is 1.07. The predicted octanol–water partition coefficient (Wildman–Crippen LogP) is 5.74. The third kappa shape index (κ3) is 3.62. The molecule has 0 radical (unpaired) electrons. The molecule has 0 bridgehead atoms. The Kier molecular flexibility index (Phi) is 5.44. The zero-order valence-electron chi connectivity index (χ0n) is 17.5. The zero-order valence-corrected chi connectivity index (χ0v) is 17.5. The number of hydrogen-bond donors (Lipinski definition) is 1. The van der Waals surface area contributed by atoms with E-state index in [1.165, 1.54) is 5.56 Å². The van der Waals surface area contributed by atoms with Crippen molar-refractivity contribution >= 4 is 22.6 Å². The maximum Gasteiger partial charge on any atom is 0.165 e. The normalized spacial score (nSPS) is 12.2. The highest BCUT2D eigenvalue weighted by molar-refractivity contribution is 5.85. The molecule has 30 heavy (non-hydrogen) atoms. The minimum absolute atomic E-state index is 0.446. The van der Waals surface area contributed by atoms with Crippen LogP contribution in [0, 0.1) is 6.92 Å². The first-order valence-electron chi connectivity index (χ1n) is 10.1. The van der Waals surface area contributed by atoms with Gasteiger partial charge in [0.2, 0.25) is 0 Å². The maximum atomic E-state index is 6.20. The van der Waals surface area contributed by atoms with Crippen LogP contribution in [0.4, 0.5) is 5.82 Å². The standard InChI is InChI=1S/C25H25N5/c1-4-6-8-18(5-2)21-14-15-22-25(28-21)30(19-12-10-17(3)11-13-19)24(29-22)20-9-7-16-27-23(20)26/h5-16H,4H2,1-3H3,(H2,26,27)/b8-6-,18-5+. The van der Waals surface area contributed by atoms with Gasteiger partial charge in [-0.3, -0.25) is 4.57 Å². The van der Waals surface area contributed by atoms with E-state index in [9.17, 15) is 0 Å². The topological polar surface area (TPSA) is 69.6 Å². The molecule has 0 spiro atoms. The van der Waals surface area contributed by atoms with Gasteiger partial charge in [-0.15, -0.1) is 0 Å². The van der Waals surface area contributed by atoms with Crippen molar-refractivity contribution < 1.29 is 0 Å². The van der Waals surface area contributed by atoms with E-state index in [4.69, 9.17) is 15.7 Å². The molecule has 150 valence electrons. The second-order valence-electron chi connectivity index (χ2n) is 7.14. The van der Waals surface area contributed by atoms with Gasteiger partial charge in [-0.05, 0) is 62.2 Å². The third-order valence-electron chi connectivity index (χ3n) is 5.02. The van der Waals surface area contributed by atoms with Crippen LogP contribution in [0.1, 0.15) is 31.5 Å². The number of nitrogen functional groups attached to an aromatic ring is 1. The third-order valence-corrected chi connectivity index (χ3v) is 5.02. The molecule has 0 saturated heterocycles. The van der Waals surface area contributed by atoms with Crippen LogP contribution in [-0.4, -0.2) is 19.5 Å². The molecule has 0 fully saturated rings. The molecule has 3 heterocycles. The number of benzene rings is 1. The molecule has 0 aliphatic heterocycles. The van der Waals surface area contributed by atoms with Crippen molar-refractivity contribution in [3.8, 4) is 17.1 Å². The molecule has 2 N–H and O–H groups in total. The number of fused-ring (bicyclic) bond motifs is 1. The average Bonchev–Trinajstić information content (AvgIpc) is 3.14. The molecule has 0 atom stereocenters. The van der Waals surface area contributed by atoms with Crippen molar-refractivity contribution in [1.82, 2.24) is 19.5 Å². The van der Waals surface area contributed by atoms with Crippen LogP contribution in [0.15, 0.2) is 73.0 Å². The summed E-state index contributed by atoms with van der Waals surface area (Å²) in [6.45, 7) is 6.22. The molecule has 3 aromatic heterocycles. The SMILES string of the molecule is C/C=C(\C=C/CC)c1ccc2nc(-c3cccnc3N)n(-c3ccc(C)cc3)c2n1. The van der Waals surface area contributed by atoms with Gasteiger partial charge in [-0.25, -0.2) is 15.0 Å². The summed E-state index contributed by atoms with van der Waals surface area (Å²) in [5, 5.41) is 0. The highest BCUT2D eigenvalue weighted by Crippen LogP contribution is 2.31. The Hall–Kier alpha value is -3.73. The predicted molar refractivity (Wildman–Crippen MR) is 124 cm³/mol. The summed E-state index contributed by atoms with van der Waals surface area (Å²) in [7, 11) is 0. The summed E-state index contributed by atoms with van der Waals surface area (Å²) in [6, 6.07) is 16.2. The molecule has 4 aromatic rings. The summed E-state index contributed by atoms with van der Waals surface area (Å²) >= 11 is 0. The molecule has 0 aliphatic rings. The molecule has 0 amide bonds. The smallest absolute Gasteiger partial charge is 0.165 e. The van der Waals surface area contributed by atoms with Gasteiger partial charge in [-0.2, -0.15) is 0 Å². The van der Waals surface area contributed by atoms with E-state index in [0.717, 1.165) is 45.9 Å². The first kappa shape index (κ1) is 19.6. The summed E-state index contributed by atoms with van der Waals surface area (Å²) in [5.41, 5.74) is 12.8. The fourth-order valence-corrected chi connectivity index (χ4v) is 3.42. The summed E-state index contributed by atoms with van der Waals surface area (Å²) < 4.78 is 2.06. The largest absolute Gasteiger partial charge is 0.383 e. The highest BCUT2D eigenvalue weighted by atomic mass is 15.1. The van der Waals surface area contributed by atoms with Crippen LogP contribution in [0.25, 0.3) is 33.8 Å². The van der Waals surface area contributed by atoms with Crippen LogP contribution in [0.5, 0.6) is 0 Å². The lowest BCUT2D eigenvalue weighted by atomic mass is 10.1. The molecule has 5 heteroatoms. The quantitative estimate of drug-likeness (QED) is 0.437. The van der Waals surface area contributed by atoms with E-state index in [1.807, 2.05) is 31.2 Å². The number of allylic oxidation sites excluding steroid dienone is 4. The van der Waals surface area contributed by atoms with Gasteiger partial charge in [0.15, 0.2) is 11.5 Å². The Morgan fingerprint density at radius 2 is 1.87 bits per heavy atom. The number of nitrogens with two attached hydrogens (primary N) is 1. The second kappa shape index (κ2) is 8.33. The van der Waals surface area contributed by atoms with Crippen LogP contribution in [0.3, 0.4) is 0 Å². The van der Waals surface area contributed by atoms with Gasteiger partial charge in [0.1, 0.15) is 11.3 Å². The summed E-state index contributed by atoms with van der Waals surface area (Å²) in [5.74, 6) is 1.18. The van der Waals surface area contributed by atoms with E-state index >= 15 is 0 Å². The lowest BCUT2D eigenvalue weighted by Gasteiger charge is -2.11. The fraction of sp³-hybridized carbons (Fsp3) is 0.160. The molecule has 1 aromatic carbocycles.